The van der Waals surface area contributed by atoms with Crippen molar-refractivity contribution in [2.75, 3.05) is 13.1 Å². The molecule has 2 aliphatic rings. The van der Waals surface area contributed by atoms with E-state index in [0.29, 0.717) is 18.5 Å². The number of hydrogen-bond acceptors (Lipinski definition) is 3. The molecule has 0 aromatic carbocycles. The molecular formula is C18H34ClN3O2. The average molecular weight is 360 g/mol. The monoisotopic (exact) mass is 359 g/mol. The molecule has 0 spiro atoms. The zero-order valence-corrected chi connectivity index (χ0v) is 15.8. The van der Waals surface area contributed by atoms with Crippen molar-refractivity contribution in [3.05, 3.63) is 0 Å². The summed E-state index contributed by atoms with van der Waals surface area (Å²) in [4.78, 5) is 23.8. The Balaban J connectivity index is 0.00000288. The molecule has 0 aliphatic heterocycles. The second-order valence-corrected chi connectivity index (χ2v) is 7.16. The summed E-state index contributed by atoms with van der Waals surface area (Å²) in [5.74, 6) is 0.164. The van der Waals surface area contributed by atoms with Gasteiger partial charge >= 0.3 is 0 Å². The van der Waals surface area contributed by atoms with Crippen LogP contribution in [-0.4, -0.2) is 37.0 Å². The van der Waals surface area contributed by atoms with Gasteiger partial charge in [-0.3, -0.25) is 9.59 Å². The molecule has 0 aromatic rings. The molecule has 1 atom stereocenters. The van der Waals surface area contributed by atoms with Gasteiger partial charge in [-0.1, -0.05) is 38.5 Å². The molecular weight excluding hydrogens is 326 g/mol. The molecule has 3 N–H and O–H groups in total. The Morgan fingerprint density at radius 3 is 2.08 bits per heavy atom. The third kappa shape index (κ3) is 7.39. The molecule has 2 saturated carbocycles. The Hall–Kier alpha value is -0.810. The third-order valence-corrected chi connectivity index (χ3v) is 5.22. The molecule has 2 amide bonds. The van der Waals surface area contributed by atoms with Crippen LogP contribution in [0.15, 0.2) is 0 Å². The summed E-state index contributed by atoms with van der Waals surface area (Å²) in [5, 5.41) is 9.42. The Morgan fingerprint density at radius 2 is 1.50 bits per heavy atom. The number of hydrogen-bond donors (Lipinski definition) is 3. The van der Waals surface area contributed by atoms with Gasteiger partial charge in [-0.25, -0.2) is 0 Å². The van der Waals surface area contributed by atoms with Gasteiger partial charge in [0.1, 0.15) is 6.04 Å². The molecule has 2 rings (SSSR count). The van der Waals surface area contributed by atoms with Crippen LogP contribution in [-0.2, 0) is 9.59 Å². The normalized spacial score (nSPS) is 20.7. The number of halogens is 1. The van der Waals surface area contributed by atoms with Gasteiger partial charge in [-0.05, 0) is 31.6 Å². The zero-order valence-electron chi connectivity index (χ0n) is 14.9. The summed E-state index contributed by atoms with van der Waals surface area (Å²) in [5.41, 5.74) is 0. The van der Waals surface area contributed by atoms with E-state index in [1.807, 2.05) is 0 Å². The van der Waals surface area contributed by atoms with Crippen LogP contribution in [0, 0.1) is 5.92 Å². The van der Waals surface area contributed by atoms with Crippen molar-refractivity contribution in [3.8, 4) is 0 Å². The van der Waals surface area contributed by atoms with E-state index in [4.69, 9.17) is 0 Å². The van der Waals surface area contributed by atoms with Gasteiger partial charge in [0.2, 0.25) is 11.8 Å². The molecule has 0 heterocycles. The molecule has 24 heavy (non-hydrogen) atoms. The fourth-order valence-electron chi connectivity index (χ4n) is 3.96. The van der Waals surface area contributed by atoms with Crippen molar-refractivity contribution in [2.24, 2.45) is 5.92 Å². The van der Waals surface area contributed by atoms with Crippen LogP contribution in [0.3, 0.4) is 0 Å². The van der Waals surface area contributed by atoms with Gasteiger partial charge in [-0.2, -0.15) is 0 Å². The summed E-state index contributed by atoms with van der Waals surface area (Å²) in [6.45, 7) is 2.94. The number of rotatable bonds is 7. The van der Waals surface area contributed by atoms with Crippen molar-refractivity contribution in [1.82, 2.24) is 16.0 Å². The maximum Gasteiger partial charge on any atom is 0.242 e. The molecule has 2 fully saturated rings. The van der Waals surface area contributed by atoms with Crippen molar-refractivity contribution in [2.45, 2.75) is 83.2 Å². The quantitative estimate of drug-likeness (QED) is 0.483. The largest absolute Gasteiger partial charge is 0.353 e. The first-order valence-electron chi connectivity index (χ1n) is 9.45. The van der Waals surface area contributed by atoms with Crippen LogP contribution >= 0.6 is 12.4 Å². The minimum Gasteiger partial charge on any atom is -0.353 e. The fraction of sp³-hybridized carbons (Fsp3) is 0.889. The van der Waals surface area contributed by atoms with Gasteiger partial charge in [-0.15, -0.1) is 12.4 Å². The smallest absolute Gasteiger partial charge is 0.242 e. The molecule has 0 saturated heterocycles. The van der Waals surface area contributed by atoms with Crippen LogP contribution in [0.5, 0.6) is 0 Å². The lowest BCUT2D eigenvalue weighted by Crippen LogP contribution is -2.51. The Labute approximate surface area is 152 Å². The first-order valence-corrected chi connectivity index (χ1v) is 9.45. The van der Waals surface area contributed by atoms with Crippen LogP contribution in [0.2, 0.25) is 0 Å². The molecule has 6 heteroatoms. The van der Waals surface area contributed by atoms with E-state index in [9.17, 15) is 9.59 Å². The molecule has 0 aromatic heterocycles. The minimum atomic E-state index is -0.354. The lowest BCUT2D eigenvalue weighted by molar-refractivity contribution is -0.129. The van der Waals surface area contributed by atoms with Gasteiger partial charge in [0, 0.05) is 26.1 Å². The lowest BCUT2D eigenvalue weighted by atomic mass is 9.97. The lowest BCUT2D eigenvalue weighted by Gasteiger charge is -2.23. The number of carbonyl (C=O) groups excluding carboxylic acids is 2. The number of amides is 2. The van der Waals surface area contributed by atoms with Gasteiger partial charge in [0.15, 0.2) is 0 Å². The second kappa shape index (κ2) is 11.7. The first kappa shape index (κ1) is 21.2. The van der Waals surface area contributed by atoms with E-state index in [0.717, 1.165) is 32.2 Å². The average Bonchev–Trinajstić information content (AvgIpc) is 2.93. The van der Waals surface area contributed by atoms with Gasteiger partial charge < -0.3 is 16.0 Å². The van der Waals surface area contributed by atoms with Crippen LogP contribution in [0.1, 0.15) is 71.1 Å². The van der Waals surface area contributed by atoms with E-state index in [-0.39, 0.29) is 30.3 Å². The molecule has 140 valence electrons. The molecule has 5 nitrogen and oxygen atoms in total. The maximum atomic E-state index is 12.4. The Kier molecular flexibility index (Phi) is 10.3. The summed E-state index contributed by atoms with van der Waals surface area (Å²) < 4.78 is 0. The molecule has 1 unspecified atom stereocenters. The second-order valence-electron chi connectivity index (χ2n) is 7.16. The Morgan fingerprint density at radius 1 is 0.917 bits per heavy atom. The fourth-order valence-corrected chi connectivity index (χ4v) is 3.96. The predicted octanol–water partition coefficient (Wildman–Crippen LogP) is 2.53. The number of nitrogens with one attached hydrogen (secondary N) is 3. The predicted molar refractivity (Wildman–Crippen MR) is 99.3 cm³/mol. The van der Waals surface area contributed by atoms with Crippen molar-refractivity contribution >= 4 is 24.2 Å². The SMILES string of the molecule is CC(=O)NC(C(=O)NCCNC1CCCCCC1)C1CCCC1.Cl. The van der Waals surface area contributed by atoms with E-state index in [2.05, 4.69) is 16.0 Å². The van der Waals surface area contributed by atoms with Crippen molar-refractivity contribution in [1.29, 1.82) is 0 Å². The highest BCUT2D eigenvalue weighted by Gasteiger charge is 2.31. The van der Waals surface area contributed by atoms with Crippen molar-refractivity contribution < 1.29 is 9.59 Å². The van der Waals surface area contributed by atoms with Crippen LogP contribution in [0.25, 0.3) is 0 Å². The standard InChI is InChI=1S/C18H33N3O2.ClH/c1-14(22)21-17(15-8-6-7-9-15)18(23)20-13-12-19-16-10-4-2-3-5-11-16;/h15-17,19H,2-13H2,1H3,(H,20,23)(H,21,22);1H. The molecule has 0 bridgehead atoms. The van der Waals surface area contributed by atoms with Crippen LogP contribution in [0.4, 0.5) is 0 Å². The summed E-state index contributed by atoms with van der Waals surface area (Å²) in [7, 11) is 0. The van der Waals surface area contributed by atoms with E-state index >= 15 is 0 Å². The highest BCUT2D eigenvalue weighted by Crippen LogP contribution is 2.27. The minimum absolute atomic E-state index is 0. The molecule has 0 radical (unpaired) electrons. The van der Waals surface area contributed by atoms with E-state index in [1.54, 1.807) is 0 Å². The zero-order chi connectivity index (χ0) is 16.5. The summed E-state index contributed by atoms with van der Waals surface area (Å²) >= 11 is 0. The van der Waals surface area contributed by atoms with Crippen molar-refractivity contribution in [3.63, 3.8) is 0 Å². The Bertz CT molecular complexity index is 378. The summed E-state index contributed by atoms with van der Waals surface area (Å²) in [6, 6.07) is 0.253. The van der Waals surface area contributed by atoms with E-state index < -0.39 is 0 Å². The highest BCUT2D eigenvalue weighted by atomic mass is 35.5. The molecule has 2 aliphatic carbocycles. The highest BCUT2D eigenvalue weighted by molar-refractivity contribution is 5.87. The summed E-state index contributed by atoms with van der Waals surface area (Å²) in [6.07, 6.45) is 12.3. The third-order valence-electron chi connectivity index (χ3n) is 5.22. The van der Waals surface area contributed by atoms with E-state index in [1.165, 1.54) is 45.4 Å². The first-order chi connectivity index (χ1) is 11.2. The van der Waals surface area contributed by atoms with Gasteiger partial charge in [0.05, 0.1) is 0 Å². The topological polar surface area (TPSA) is 70.2 Å². The maximum absolute atomic E-state index is 12.4. The van der Waals surface area contributed by atoms with Crippen LogP contribution < -0.4 is 16.0 Å². The van der Waals surface area contributed by atoms with Gasteiger partial charge in [0.25, 0.3) is 0 Å². The number of carbonyl (C=O) groups is 2.